The van der Waals surface area contributed by atoms with Gasteiger partial charge in [0, 0.05) is 6.08 Å². The molecule has 142 valence electrons. The van der Waals surface area contributed by atoms with Crippen molar-refractivity contribution in [3.8, 4) is 11.8 Å². The third-order valence-corrected chi connectivity index (χ3v) is 4.31. The first kappa shape index (κ1) is 20.2. The number of benzene rings is 1. The molecule has 0 spiro atoms. The number of carbonyl (C=O) groups is 2. The molecule has 1 N–H and O–H groups in total. The van der Waals surface area contributed by atoms with Crippen molar-refractivity contribution in [2.45, 2.75) is 37.6 Å². The minimum Gasteiger partial charge on any atom is -0.490 e. The van der Waals surface area contributed by atoms with Crippen molar-refractivity contribution < 1.29 is 19.1 Å². The van der Waals surface area contributed by atoms with Crippen molar-refractivity contribution in [3.63, 3.8) is 0 Å². The van der Waals surface area contributed by atoms with Gasteiger partial charge in [-0.25, -0.2) is 4.79 Å². The van der Waals surface area contributed by atoms with E-state index in [4.69, 9.17) is 9.47 Å². The maximum Gasteiger partial charge on any atom is 0.331 e. The van der Waals surface area contributed by atoms with Gasteiger partial charge in [-0.1, -0.05) is 44.1 Å². The van der Waals surface area contributed by atoms with Crippen molar-refractivity contribution in [2.24, 2.45) is 0 Å². The van der Waals surface area contributed by atoms with E-state index in [1.165, 1.54) is 6.08 Å². The van der Waals surface area contributed by atoms with Gasteiger partial charge in [0.25, 0.3) is 5.91 Å². The lowest BCUT2D eigenvalue weighted by Crippen LogP contribution is -2.49. The van der Waals surface area contributed by atoms with E-state index in [0.29, 0.717) is 25.2 Å². The summed E-state index contributed by atoms with van der Waals surface area (Å²) >= 11 is 0. The molecule has 1 amide bonds. The highest BCUT2D eigenvalue weighted by atomic mass is 16.5. The molecule has 1 fully saturated rings. The van der Waals surface area contributed by atoms with Gasteiger partial charge >= 0.3 is 5.97 Å². The number of rotatable bonds is 8. The lowest BCUT2D eigenvalue weighted by atomic mass is 9.83. The van der Waals surface area contributed by atoms with Crippen LogP contribution in [0.2, 0.25) is 0 Å². The highest BCUT2D eigenvalue weighted by molar-refractivity contribution is 5.89. The van der Waals surface area contributed by atoms with Gasteiger partial charge < -0.3 is 14.8 Å². The van der Waals surface area contributed by atoms with E-state index >= 15 is 0 Å². The molecular weight excluding hydrogens is 344 g/mol. The molecule has 0 unspecified atom stereocenters. The maximum atomic E-state index is 12.0. The molecule has 27 heavy (non-hydrogen) atoms. The minimum absolute atomic E-state index is 0.402. The van der Waals surface area contributed by atoms with Crippen molar-refractivity contribution in [1.29, 1.82) is 5.26 Å². The highest BCUT2D eigenvalue weighted by Gasteiger charge is 2.33. The molecule has 0 heterocycles. The fourth-order valence-corrected chi connectivity index (χ4v) is 2.90. The Labute approximate surface area is 159 Å². The molecule has 0 aromatic heterocycles. The Hall–Kier alpha value is -3.07. The number of nitrogens with one attached hydrogen (secondary N) is 1. The second-order valence-electron chi connectivity index (χ2n) is 6.41. The van der Waals surface area contributed by atoms with Crippen LogP contribution >= 0.6 is 0 Å². The van der Waals surface area contributed by atoms with Crippen LogP contribution in [0.4, 0.5) is 0 Å². The second kappa shape index (κ2) is 10.2. The molecule has 1 saturated carbocycles. The zero-order chi connectivity index (χ0) is 19.5. The Morgan fingerprint density at radius 1 is 1.22 bits per heavy atom. The fraction of sp³-hybridized carbons (Fsp3) is 0.381. The van der Waals surface area contributed by atoms with Gasteiger partial charge in [-0.05, 0) is 36.6 Å². The molecule has 0 bridgehead atoms. The van der Waals surface area contributed by atoms with Crippen LogP contribution in [0.5, 0.6) is 5.75 Å². The molecule has 1 aliphatic carbocycles. The number of amides is 1. The number of hydrogen-bond acceptors (Lipinski definition) is 5. The normalized spacial score (nSPS) is 15.5. The van der Waals surface area contributed by atoms with E-state index in [9.17, 15) is 14.9 Å². The monoisotopic (exact) mass is 368 g/mol. The minimum atomic E-state index is -0.826. The third kappa shape index (κ3) is 6.63. The SMILES string of the molecule is C=CCOc1ccc(/C=C/C(=O)OCC(=O)NC2(C#N)CCCCC2)cc1. The maximum absolute atomic E-state index is 12.0. The van der Waals surface area contributed by atoms with E-state index in [-0.39, 0.29) is 0 Å². The molecule has 0 radical (unpaired) electrons. The summed E-state index contributed by atoms with van der Waals surface area (Å²) in [5.74, 6) is -0.365. The van der Waals surface area contributed by atoms with E-state index in [0.717, 1.165) is 24.8 Å². The molecule has 1 aliphatic rings. The van der Waals surface area contributed by atoms with Crippen molar-refractivity contribution in [2.75, 3.05) is 13.2 Å². The predicted molar refractivity (Wildman–Crippen MR) is 102 cm³/mol. The highest BCUT2D eigenvalue weighted by Crippen LogP contribution is 2.27. The summed E-state index contributed by atoms with van der Waals surface area (Å²) in [6, 6.07) is 9.37. The second-order valence-corrected chi connectivity index (χ2v) is 6.41. The van der Waals surface area contributed by atoms with Gasteiger partial charge in [-0.2, -0.15) is 5.26 Å². The molecule has 6 nitrogen and oxygen atoms in total. The number of carbonyl (C=O) groups excluding carboxylic acids is 2. The van der Waals surface area contributed by atoms with E-state index in [2.05, 4.69) is 18.0 Å². The Kier molecular flexibility index (Phi) is 7.63. The molecule has 1 aromatic rings. The van der Waals surface area contributed by atoms with Gasteiger partial charge in [0.2, 0.25) is 0 Å². The van der Waals surface area contributed by atoms with Crippen LogP contribution in [0, 0.1) is 11.3 Å². The quantitative estimate of drug-likeness (QED) is 0.433. The molecular formula is C21H24N2O4. The van der Waals surface area contributed by atoms with Crippen molar-refractivity contribution in [3.05, 3.63) is 48.6 Å². The Morgan fingerprint density at radius 3 is 2.56 bits per heavy atom. The topological polar surface area (TPSA) is 88.4 Å². The largest absolute Gasteiger partial charge is 0.490 e. The van der Waals surface area contributed by atoms with Crippen LogP contribution in [-0.4, -0.2) is 30.6 Å². The zero-order valence-corrected chi connectivity index (χ0v) is 15.3. The molecule has 0 aliphatic heterocycles. The average molecular weight is 368 g/mol. The standard InChI is InChI=1S/C21H24N2O4/c1-2-14-26-18-9-6-17(7-10-18)8-11-20(25)27-15-19(24)23-21(16-22)12-4-3-5-13-21/h2,6-11H,1,3-5,12-15H2,(H,23,24)/b11-8+. The average Bonchev–Trinajstić information content (AvgIpc) is 2.70. The van der Waals surface area contributed by atoms with E-state index in [1.807, 2.05) is 0 Å². The van der Waals surface area contributed by atoms with Gasteiger partial charge in [0.15, 0.2) is 6.61 Å². The first-order chi connectivity index (χ1) is 13.1. The number of ether oxygens (including phenoxy) is 2. The van der Waals surface area contributed by atoms with Gasteiger partial charge in [-0.15, -0.1) is 0 Å². The number of esters is 1. The Bertz CT molecular complexity index is 726. The molecule has 0 atom stereocenters. The van der Waals surface area contributed by atoms with Crippen molar-refractivity contribution >= 4 is 18.0 Å². The van der Waals surface area contributed by atoms with E-state index < -0.39 is 24.0 Å². The fourth-order valence-electron chi connectivity index (χ4n) is 2.90. The van der Waals surface area contributed by atoms with Crippen LogP contribution in [0.1, 0.15) is 37.7 Å². The Morgan fingerprint density at radius 2 is 1.93 bits per heavy atom. The third-order valence-electron chi connectivity index (χ3n) is 4.31. The smallest absolute Gasteiger partial charge is 0.331 e. The molecule has 6 heteroatoms. The summed E-state index contributed by atoms with van der Waals surface area (Å²) in [4.78, 5) is 23.8. The van der Waals surface area contributed by atoms with Crippen molar-refractivity contribution in [1.82, 2.24) is 5.32 Å². The summed E-state index contributed by atoms with van der Waals surface area (Å²) < 4.78 is 10.3. The lowest BCUT2D eigenvalue weighted by molar-refractivity contribution is -0.144. The number of nitriles is 1. The zero-order valence-electron chi connectivity index (χ0n) is 15.3. The van der Waals surface area contributed by atoms with Gasteiger partial charge in [-0.3, -0.25) is 4.79 Å². The summed E-state index contributed by atoms with van der Waals surface area (Å²) in [5, 5.41) is 12.1. The first-order valence-electron chi connectivity index (χ1n) is 8.98. The van der Waals surface area contributed by atoms with E-state index in [1.54, 1.807) is 36.4 Å². The van der Waals surface area contributed by atoms with Crippen LogP contribution in [0.3, 0.4) is 0 Å². The molecule has 2 rings (SSSR count). The van der Waals surface area contributed by atoms with Crippen LogP contribution in [0.15, 0.2) is 43.0 Å². The summed E-state index contributed by atoms with van der Waals surface area (Å²) in [7, 11) is 0. The van der Waals surface area contributed by atoms with Crippen LogP contribution < -0.4 is 10.1 Å². The summed E-state index contributed by atoms with van der Waals surface area (Å²) in [6.45, 7) is 3.61. The molecule has 0 saturated heterocycles. The summed E-state index contributed by atoms with van der Waals surface area (Å²) in [6.07, 6.45) is 8.67. The molecule has 1 aromatic carbocycles. The Balaban J connectivity index is 1.78. The van der Waals surface area contributed by atoms with Crippen LogP contribution in [0.25, 0.3) is 6.08 Å². The number of nitrogens with zero attached hydrogens (tertiary/aromatic N) is 1. The van der Waals surface area contributed by atoms with Gasteiger partial charge in [0.05, 0.1) is 6.07 Å². The summed E-state index contributed by atoms with van der Waals surface area (Å²) in [5.41, 5.74) is -0.0273. The van der Waals surface area contributed by atoms with Gasteiger partial charge in [0.1, 0.15) is 17.9 Å². The number of hydrogen-bond donors (Lipinski definition) is 1. The van der Waals surface area contributed by atoms with Crippen LogP contribution in [-0.2, 0) is 14.3 Å². The predicted octanol–water partition coefficient (Wildman–Crippen LogP) is 3.15. The lowest BCUT2D eigenvalue weighted by Gasteiger charge is -2.31. The first-order valence-corrected chi connectivity index (χ1v) is 8.98.